The minimum Gasteiger partial charge on any atom is -0.399 e. The first-order valence-corrected chi connectivity index (χ1v) is 6.58. The Balaban J connectivity index is 2.38. The molecule has 0 fully saturated rings. The van der Waals surface area contributed by atoms with Crippen molar-refractivity contribution in [3.05, 3.63) is 47.3 Å². The summed E-state index contributed by atoms with van der Waals surface area (Å²) in [6.07, 6.45) is 1.98. The normalized spacial score (nSPS) is 12.6. The number of hydrogen-bond acceptors (Lipinski definition) is 2. The van der Waals surface area contributed by atoms with Crippen LogP contribution in [0.15, 0.2) is 30.3 Å². The molecule has 3 nitrogen and oxygen atoms in total. The third kappa shape index (κ3) is 2.40. The maximum Gasteiger partial charge on any atom is 0.0744 e. The molecule has 0 aliphatic heterocycles. The van der Waals surface area contributed by atoms with Crippen LogP contribution in [0, 0.1) is 0 Å². The second kappa shape index (κ2) is 5.25. The van der Waals surface area contributed by atoms with Gasteiger partial charge >= 0.3 is 0 Å². The van der Waals surface area contributed by atoms with Crippen LogP contribution in [0.4, 0.5) is 5.69 Å². The van der Waals surface area contributed by atoms with Crippen LogP contribution in [0.3, 0.4) is 0 Å². The molecule has 1 heterocycles. The molecule has 0 spiro atoms. The first-order valence-electron chi connectivity index (χ1n) is 6.58. The quantitative estimate of drug-likeness (QED) is 0.838. The van der Waals surface area contributed by atoms with Gasteiger partial charge in [0.05, 0.1) is 11.7 Å². The average molecular weight is 243 g/mol. The Labute approximate surface area is 109 Å². The van der Waals surface area contributed by atoms with Gasteiger partial charge in [-0.15, -0.1) is 0 Å². The van der Waals surface area contributed by atoms with Crippen molar-refractivity contribution < 1.29 is 0 Å². The number of hydrogen-bond donors (Lipinski definition) is 1. The molecule has 2 rings (SSSR count). The van der Waals surface area contributed by atoms with Crippen LogP contribution >= 0.6 is 0 Å². The van der Waals surface area contributed by atoms with E-state index in [4.69, 9.17) is 5.73 Å². The summed E-state index contributed by atoms with van der Waals surface area (Å²) in [5.41, 5.74) is 10.3. The molecule has 0 saturated carbocycles. The van der Waals surface area contributed by atoms with Crippen molar-refractivity contribution in [2.45, 2.75) is 39.7 Å². The van der Waals surface area contributed by atoms with E-state index >= 15 is 0 Å². The van der Waals surface area contributed by atoms with Crippen molar-refractivity contribution in [2.24, 2.45) is 0 Å². The summed E-state index contributed by atoms with van der Waals surface area (Å²) in [6, 6.07) is 10.5. The summed E-state index contributed by atoms with van der Waals surface area (Å²) < 4.78 is 2.12. The van der Waals surface area contributed by atoms with E-state index in [9.17, 15) is 0 Å². The Hall–Kier alpha value is -1.77. The minimum absolute atomic E-state index is 0.226. The molecule has 0 bridgehead atoms. The molecule has 1 aromatic carbocycles. The zero-order valence-corrected chi connectivity index (χ0v) is 11.4. The second-order valence-electron chi connectivity index (χ2n) is 4.62. The molecule has 2 N–H and O–H groups in total. The highest BCUT2D eigenvalue weighted by Gasteiger charge is 2.13. The van der Waals surface area contributed by atoms with Gasteiger partial charge in [0.15, 0.2) is 0 Å². The van der Waals surface area contributed by atoms with Crippen molar-refractivity contribution in [1.82, 2.24) is 9.78 Å². The molecular weight excluding hydrogens is 222 g/mol. The lowest BCUT2D eigenvalue weighted by Crippen LogP contribution is -2.12. The molecular formula is C15H21N3. The first-order chi connectivity index (χ1) is 8.65. The standard InChI is InChI=1S/C15H21N3/c1-4-14-10-15(5-2)18(17-14)11(3)12-7-6-8-13(16)9-12/h6-11H,4-5,16H2,1-3H3. The van der Waals surface area contributed by atoms with Gasteiger partial charge in [0.2, 0.25) is 0 Å². The van der Waals surface area contributed by atoms with Gasteiger partial charge in [0, 0.05) is 11.4 Å². The van der Waals surface area contributed by atoms with Crippen LogP contribution < -0.4 is 5.73 Å². The summed E-state index contributed by atoms with van der Waals surface area (Å²) in [4.78, 5) is 0. The van der Waals surface area contributed by atoms with Crippen LogP contribution in [0.1, 0.15) is 43.8 Å². The van der Waals surface area contributed by atoms with Gasteiger partial charge in [-0.25, -0.2) is 0 Å². The zero-order chi connectivity index (χ0) is 13.1. The summed E-state index contributed by atoms with van der Waals surface area (Å²) >= 11 is 0. The number of anilines is 1. The van der Waals surface area contributed by atoms with E-state index in [1.807, 2.05) is 18.2 Å². The maximum atomic E-state index is 5.85. The Morgan fingerprint density at radius 2 is 2.00 bits per heavy atom. The molecule has 2 aromatic rings. The number of aromatic nitrogens is 2. The lowest BCUT2D eigenvalue weighted by Gasteiger charge is -2.16. The third-order valence-corrected chi connectivity index (χ3v) is 3.35. The van der Waals surface area contributed by atoms with E-state index in [1.165, 1.54) is 11.3 Å². The first kappa shape index (κ1) is 12.7. The van der Waals surface area contributed by atoms with Crippen LogP contribution in [-0.2, 0) is 12.8 Å². The number of nitrogens with two attached hydrogens (primary N) is 1. The number of nitrogen functional groups attached to an aromatic ring is 1. The second-order valence-corrected chi connectivity index (χ2v) is 4.62. The highest BCUT2D eigenvalue weighted by molar-refractivity contribution is 5.41. The summed E-state index contributed by atoms with van der Waals surface area (Å²) in [7, 11) is 0. The molecule has 3 heteroatoms. The zero-order valence-electron chi connectivity index (χ0n) is 11.4. The number of aryl methyl sites for hydroxylation is 2. The van der Waals surface area contributed by atoms with Gasteiger partial charge in [-0.05, 0) is 43.5 Å². The van der Waals surface area contributed by atoms with Gasteiger partial charge in [-0.1, -0.05) is 26.0 Å². The Kier molecular flexibility index (Phi) is 3.70. The van der Waals surface area contributed by atoms with E-state index in [1.54, 1.807) is 0 Å². The predicted octanol–water partition coefficient (Wildman–Crippen LogP) is 3.20. The third-order valence-electron chi connectivity index (χ3n) is 3.35. The van der Waals surface area contributed by atoms with Gasteiger partial charge in [0.25, 0.3) is 0 Å². The van der Waals surface area contributed by atoms with Gasteiger partial charge in [-0.3, -0.25) is 4.68 Å². The molecule has 0 radical (unpaired) electrons. The lowest BCUT2D eigenvalue weighted by molar-refractivity contribution is 0.536. The predicted molar refractivity (Wildman–Crippen MR) is 75.7 cm³/mol. The summed E-state index contributed by atoms with van der Waals surface area (Å²) in [5.74, 6) is 0. The SMILES string of the molecule is CCc1cc(CC)n(C(C)c2cccc(N)c2)n1. The fourth-order valence-corrected chi connectivity index (χ4v) is 2.22. The fourth-order valence-electron chi connectivity index (χ4n) is 2.22. The van der Waals surface area contributed by atoms with Gasteiger partial charge < -0.3 is 5.73 Å². The Morgan fingerprint density at radius 1 is 1.22 bits per heavy atom. The smallest absolute Gasteiger partial charge is 0.0744 e. The number of rotatable bonds is 4. The van der Waals surface area contributed by atoms with Gasteiger partial charge in [0.1, 0.15) is 0 Å². The molecule has 18 heavy (non-hydrogen) atoms. The van der Waals surface area contributed by atoms with Gasteiger partial charge in [-0.2, -0.15) is 5.10 Å². The van der Waals surface area contributed by atoms with Crippen LogP contribution in [0.2, 0.25) is 0 Å². The van der Waals surface area contributed by atoms with Crippen molar-refractivity contribution in [3.63, 3.8) is 0 Å². The van der Waals surface area contributed by atoms with Crippen LogP contribution in [-0.4, -0.2) is 9.78 Å². The van der Waals surface area contributed by atoms with Crippen molar-refractivity contribution in [3.8, 4) is 0 Å². The molecule has 0 saturated heterocycles. The average Bonchev–Trinajstić information content (AvgIpc) is 2.81. The molecule has 0 aliphatic rings. The van der Waals surface area contributed by atoms with E-state index in [0.29, 0.717) is 0 Å². The molecule has 0 aliphatic carbocycles. The van der Waals surface area contributed by atoms with E-state index in [2.05, 4.69) is 42.7 Å². The van der Waals surface area contributed by atoms with Crippen molar-refractivity contribution >= 4 is 5.69 Å². The molecule has 1 aromatic heterocycles. The van der Waals surface area contributed by atoms with Crippen LogP contribution in [0.25, 0.3) is 0 Å². The molecule has 96 valence electrons. The Bertz CT molecular complexity index is 528. The number of nitrogens with zero attached hydrogens (tertiary/aromatic N) is 2. The molecule has 1 atom stereocenters. The summed E-state index contributed by atoms with van der Waals surface area (Å²) in [5, 5.41) is 4.68. The molecule has 1 unspecified atom stereocenters. The largest absolute Gasteiger partial charge is 0.399 e. The lowest BCUT2D eigenvalue weighted by atomic mass is 10.1. The Morgan fingerprint density at radius 3 is 2.61 bits per heavy atom. The molecule has 0 amide bonds. The van der Waals surface area contributed by atoms with Crippen LogP contribution in [0.5, 0.6) is 0 Å². The van der Waals surface area contributed by atoms with E-state index in [0.717, 1.165) is 24.2 Å². The van der Waals surface area contributed by atoms with Crippen molar-refractivity contribution in [2.75, 3.05) is 5.73 Å². The highest BCUT2D eigenvalue weighted by atomic mass is 15.3. The van der Waals surface area contributed by atoms with E-state index < -0.39 is 0 Å². The maximum absolute atomic E-state index is 5.85. The highest BCUT2D eigenvalue weighted by Crippen LogP contribution is 2.22. The van der Waals surface area contributed by atoms with Crippen molar-refractivity contribution in [1.29, 1.82) is 0 Å². The minimum atomic E-state index is 0.226. The summed E-state index contributed by atoms with van der Waals surface area (Å²) in [6.45, 7) is 6.47. The topological polar surface area (TPSA) is 43.8 Å². The monoisotopic (exact) mass is 243 g/mol. The van der Waals surface area contributed by atoms with E-state index in [-0.39, 0.29) is 6.04 Å². The number of benzene rings is 1. The fraction of sp³-hybridized carbons (Fsp3) is 0.400.